The van der Waals surface area contributed by atoms with E-state index in [0.717, 1.165) is 21.3 Å². The third-order valence-corrected chi connectivity index (χ3v) is 6.16. The molecule has 0 spiro atoms. The molecule has 0 radical (unpaired) electrons. The molecule has 0 unspecified atom stereocenters. The number of fused-ring (bicyclic) bond motifs is 1. The predicted octanol–water partition coefficient (Wildman–Crippen LogP) is 3.73. The van der Waals surface area contributed by atoms with E-state index in [4.69, 9.17) is 9.47 Å². The van der Waals surface area contributed by atoms with Gasteiger partial charge in [0.2, 0.25) is 0 Å². The lowest BCUT2D eigenvalue weighted by Crippen LogP contribution is -2.14. The van der Waals surface area contributed by atoms with Crippen molar-refractivity contribution in [2.45, 2.75) is 18.7 Å². The number of aromatic nitrogens is 1. The molecule has 0 amide bonds. The van der Waals surface area contributed by atoms with Crippen molar-refractivity contribution in [1.82, 2.24) is 4.98 Å². The molecule has 0 atom stereocenters. The van der Waals surface area contributed by atoms with Gasteiger partial charge in [0.25, 0.3) is 10.0 Å². The largest absolute Gasteiger partial charge is 0.496 e. The molecule has 132 valence electrons. The lowest BCUT2D eigenvalue weighted by atomic mass is 10.2. The van der Waals surface area contributed by atoms with Crippen LogP contribution in [0.5, 0.6) is 11.5 Å². The first-order valence-corrected chi connectivity index (χ1v) is 9.76. The molecule has 6 nitrogen and oxygen atoms in total. The number of anilines is 1. The molecule has 3 aromatic rings. The summed E-state index contributed by atoms with van der Waals surface area (Å²) in [5.74, 6) is 0.726. The zero-order valence-corrected chi connectivity index (χ0v) is 15.9. The Balaban J connectivity index is 2.03. The first-order valence-electron chi connectivity index (χ1n) is 7.46. The Morgan fingerprint density at radius 3 is 2.44 bits per heavy atom. The minimum absolute atomic E-state index is 0.00730. The van der Waals surface area contributed by atoms with Gasteiger partial charge < -0.3 is 9.47 Å². The van der Waals surface area contributed by atoms with Gasteiger partial charge in [-0.2, -0.15) is 0 Å². The fourth-order valence-corrected chi connectivity index (χ4v) is 4.84. The number of hydrogen-bond acceptors (Lipinski definition) is 6. The molecule has 0 saturated carbocycles. The zero-order chi connectivity index (χ0) is 18.2. The summed E-state index contributed by atoms with van der Waals surface area (Å²) in [6, 6.07) is 8.87. The Hall–Kier alpha value is -2.32. The molecule has 0 saturated heterocycles. The summed E-state index contributed by atoms with van der Waals surface area (Å²) in [5, 5.41) is 0.308. The molecular weight excluding hydrogens is 360 g/mol. The average Bonchev–Trinajstić information content (AvgIpc) is 2.94. The fourth-order valence-electron chi connectivity index (χ4n) is 2.48. The van der Waals surface area contributed by atoms with E-state index in [0.29, 0.717) is 10.9 Å². The van der Waals surface area contributed by atoms with Crippen LogP contribution in [0.1, 0.15) is 11.1 Å². The minimum atomic E-state index is -3.87. The van der Waals surface area contributed by atoms with E-state index in [9.17, 15) is 8.42 Å². The molecule has 0 aliphatic rings. The molecular formula is C17H18N2O4S2. The zero-order valence-electron chi connectivity index (χ0n) is 14.3. The van der Waals surface area contributed by atoms with Crippen LogP contribution >= 0.6 is 11.3 Å². The Labute approximate surface area is 150 Å². The molecule has 25 heavy (non-hydrogen) atoms. The highest BCUT2D eigenvalue weighted by molar-refractivity contribution is 7.93. The van der Waals surface area contributed by atoms with E-state index in [1.807, 2.05) is 32.0 Å². The molecule has 0 fully saturated rings. The molecule has 8 heteroatoms. The van der Waals surface area contributed by atoms with Crippen LogP contribution in [-0.2, 0) is 10.0 Å². The van der Waals surface area contributed by atoms with Gasteiger partial charge in [0.1, 0.15) is 16.4 Å². The average molecular weight is 378 g/mol. The molecule has 1 N–H and O–H groups in total. The van der Waals surface area contributed by atoms with Crippen molar-refractivity contribution in [3.63, 3.8) is 0 Å². The number of hydrogen-bond donors (Lipinski definition) is 1. The quantitative estimate of drug-likeness (QED) is 0.732. The second-order valence-corrected chi connectivity index (χ2v) is 8.25. The number of thiazole rings is 1. The van der Waals surface area contributed by atoms with Crippen LogP contribution in [0.2, 0.25) is 0 Å². The fraction of sp³-hybridized carbons (Fsp3) is 0.235. The summed E-state index contributed by atoms with van der Waals surface area (Å²) in [7, 11) is -0.944. The molecule has 0 aliphatic heterocycles. The Kier molecular flexibility index (Phi) is 4.57. The van der Waals surface area contributed by atoms with Gasteiger partial charge in [-0.25, -0.2) is 13.4 Å². The predicted molar refractivity (Wildman–Crippen MR) is 99.4 cm³/mol. The van der Waals surface area contributed by atoms with E-state index in [1.165, 1.54) is 31.6 Å². The van der Waals surface area contributed by atoms with E-state index >= 15 is 0 Å². The van der Waals surface area contributed by atoms with Gasteiger partial charge in [-0.1, -0.05) is 17.4 Å². The van der Waals surface area contributed by atoms with Gasteiger partial charge in [0.15, 0.2) is 5.13 Å². The van der Waals surface area contributed by atoms with Crippen LogP contribution in [0.4, 0.5) is 5.13 Å². The molecule has 3 rings (SSSR count). The Morgan fingerprint density at radius 1 is 1.04 bits per heavy atom. The van der Waals surface area contributed by atoms with Gasteiger partial charge >= 0.3 is 0 Å². The second kappa shape index (κ2) is 6.53. The van der Waals surface area contributed by atoms with Crippen LogP contribution in [0.25, 0.3) is 10.2 Å². The van der Waals surface area contributed by atoms with E-state index < -0.39 is 10.0 Å². The molecule has 2 aromatic carbocycles. The molecule has 0 bridgehead atoms. The third kappa shape index (κ3) is 3.40. The van der Waals surface area contributed by atoms with Gasteiger partial charge in [-0.15, -0.1) is 0 Å². The number of nitrogens with zero attached hydrogens (tertiary/aromatic N) is 1. The lowest BCUT2D eigenvalue weighted by Gasteiger charge is -2.13. The van der Waals surface area contributed by atoms with Crippen LogP contribution in [0, 0.1) is 13.8 Å². The van der Waals surface area contributed by atoms with Crippen molar-refractivity contribution in [3.05, 3.63) is 41.5 Å². The highest BCUT2D eigenvalue weighted by Gasteiger charge is 2.23. The highest BCUT2D eigenvalue weighted by Crippen LogP contribution is 2.34. The number of ether oxygens (including phenoxy) is 2. The number of aryl methyl sites for hydroxylation is 2. The lowest BCUT2D eigenvalue weighted by molar-refractivity contribution is 0.390. The SMILES string of the molecule is COc1cc(S(=O)(=O)Nc2nc3ccc(C)cc3s2)c(OC)cc1C. The third-order valence-electron chi connectivity index (χ3n) is 3.74. The molecule has 1 aromatic heterocycles. The second-order valence-electron chi connectivity index (χ2n) is 5.57. The van der Waals surface area contributed by atoms with Gasteiger partial charge in [-0.05, 0) is 43.2 Å². The van der Waals surface area contributed by atoms with E-state index in [2.05, 4.69) is 9.71 Å². The van der Waals surface area contributed by atoms with Crippen LogP contribution in [0.3, 0.4) is 0 Å². The first-order chi connectivity index (χ1) is 11.8. The first kappa shape index (κ1) is 17.5. The van der Waals surface area contributed by atoms with E-state index in [-0.39, 0.29) is 10.6 Å². The van der Waals surface area contributed by atoms with Crippen molar-refractivity contribution in [1.29, 1.82) is 0 Å². The van der Waals surface area contributed by atoms with E-state index in [1.54, 1.807) is 6.07 Å². The van der Waals surface area contributed by atoms with Crippen molar-refractivity contribution in [2.24, 2.45) is 0 Å². The number of rotatable bonds is 5. The van der Waals surface area contributed by atoms with Crippen LogP contribution in [-0.4, -0.2) is 27.6 Å². The normalized spacial score (nSPS) is 11.5. The monoisotopic (exact) mass is 378 g/mol. The molecule has 1 heterocycles. The maximum atomic E-state index is 12.8. The number of benzene rings is 2. The number of sulfonamides is 1. The Bertz CT molecular complexity index is 1040. The number of methoxy groups -OCH3 is 2. The Morgan fingerprint density at radius 2 is 1.76 bits per heavy atom. The van der Waals surface area contributed by atoms with Crippen molar-refractivity contribution >= 4 is 36.7 Å². The van der Waals surface area contributed by atoms with Crippen LogP contribution < -0.4 is 14.2 Å². The number of nitrogens with one attached hydrogen (secondary N) is 1. The standard InChI is InChI=1S/C17H18N2O4S2/c1-10-5-6-12-15(7-10)24-17(18-12)19-25(20,21)16-9-13(22-3)11(2)8-14(16)23-4/h5-9H,1-4H3,(H,18,19). The summed E-state index contributed by atoms with van der Waals surface area (Å²) in [4.78, 5) is 4.34. The summed E-state index contributed by atoms with van der Waals surface area (Å²) in [6.07, 6.45) is 0. The van der Waals surface area contributed by atoms with Gasteiger partial charge in [0.05, 0.1) is 24.4 Å². The van der Waals surface area contributed by atoms with Gasteiger partial charge in [-0.3, -0.25) is 4.72 Å². The van der Waals surface area contributed by atoms with Crippen LogP contribution in [0.15, 0.2) is 35.2 Å². The van der Waals surface area contributed by atoms with Crippen molar-refractivity contribution in [3.8, 4) is 11.5 Å². The summed E-state index contributed by atoms with van der Waals surface area (Å²) < 4.78 is 39.6. The van der Waals surface area contributed by atoms with Crippen molar-refractivity contribution in [2.75, 3.05) is 18.9 Å². The summed E-state index contributed by atoms with van der Waals surface area (Å²) >= 11 is 1.29. The maximum Gasteiger partial charge on any atom is 0.267 e. The summed E-state index contributed by atoms with van der Waals surface area (Å²) in [6.45, 7) is 3.80. The maximum absolute atomic E-state index is 12.8. The topological polar surface area (TPSA) is 77.5 Å². The minimum Gasteiger partial charge on any atom is -0.496 e. The molecule has 0 aliphatic carbocycles. The summed E-state index contributed by atoms with van der Waals surface area (Å²) in [5.41, 5.74) is 2.63. The highest BCUT2D eigenvalue weighted by atomic mass is 32.2. The van der Waals surface area contributed by atoms with Crippen molar-refractivity contribution < 1.29 is 17.9 Å². The smallest absolute Gasteiger partial charge is 0.267 e. The van der Waals surface area contributed by atoms with Gasteiger partial charge in [0, 0.05) is 6.07 Å².